The van der Waals surface area contributed by atoms with Crippen LogP contribution in [0.5, 0.6) is 0 Å². The van der Waals surface area contributed by atoms with Crippen molar-refractivity contribution in [2.24, 2.45) is 22.2 Å². The zero-order chi connectivity index (χ0) is 16.6. The topological polar surface area (TPSA) is 35.5 Å². The van der Waals surface area contributed by atoms with Crippen LogP contribution in [0.3, 0.4) is 0 Å². The van der Waals surface area contributed by atoms with E-state index in [2.05, 4.69) is 41.5 Å². The Morgan fingerprint density at radius 3 is 1.35 bits per heavy atom. The quantitative estimate of drug-likeness (QED) is 0.541. The van der Waals surface area contributed by atoms with E-state index in [4.69, 9.17) is 9.78 Å². The Morgan fingerprint density at radius 2 is 1.10 bits per heavy atom. The highest BCUT2D eigenvalue weighted by molar-refractivity contribution is 5.76. The first-order valence-corrected chi connectivity index (χ1v) is 7.40. The van der Waals surface area contributed by atoms with E-state index in [1.165, 1.54) is 0 Å². The molecular weight excluding hydrogens is 252 g/mol. The van der Waals surface area contributed by atoms with Crippen molar-refractivity contribution in [1.29, 1.82) is 0 Å². The predicted octanol–water partition coefficient (Wildman–Crippen LogP) is 4.99. The van der Waals surface area contributed by atoms with Gasteiger partial charge in [-0.3, -0.25) is 4.89 Å². The fourth-order valence-electron chi connectivity index (χ4n) is 3.85. The summed E-state index contributed by atoms with van der Waals surface area (Å²) >= 11 is 0. The van der Waals surface area contributed by atoms with Gasteiger partial charge in [0.15, 0.2) is 0 Å². The molecule has 0 fully saturated rings. The van der Waals surface area contributed by atoms with E-state index in [9.17, 15) is 4.79 Å². The standard InChI is InChI=1S/C17H34O3/c1-14(2,3)12(15(4,5)6)17(10,11)13(18)19-20-16(7,8)9/h12H,1-11H3. The van der Waals surface area contributed by atoms with Gasteiger partial charge in [-0.15, -0.1) is 0 Å². The van der Waals surface area contributed by atoms with Gasteiger partial charge in [-0.1, -0.05) is 41.5 Å². The molecule has 0 amide bonds. The Balaban J connectivity index is 5.30. The first kappa shape index (κ1) is 19.4. The molecule has 0 aliphatic carbocycles. The molecule has 0 rings (SSSR count). The lowest BCUT2D eigenvalue weighted by Gasteiger charge is -2.48. The molecule has 0 unspecified atom stereocenters. The predicted molar refractivity (Wildman–Crippen MR) is 83.1 cm³/mol. The third-order valence-electron chi connectivity index (χ3n) is 3.35. The number of carbonyl (C=O) groups excluding carboxylic acids is 1. The van der Waals surface area contributed by atoms with Crippen LogP contribution < -0.4 is 0 Å². The van der Waals surface area contributed by atoms with E-state index in [1.807, 2.05) is 34.6 Å². The van der Waals surface area contributed by atoms with Gasteiger partial charge in [0, 0.05) is 0 Å². The van der Waals surface area contributed by atoms with Crippen molar-refractivity contribution >= 4 is 5.97 Å². The van der Waals surface area contributed by atoms with Crippen LogP contribution in [0, 0.1) is 22.2 Å². The number of carbonyl (C=O) groups is 1. The summed E-state index contributed by atoms with van der Waals surface area (Å²) in [5.41, 5.74) is -1.14. The van der Waals surface area contributed by atoms with Gasteiger partial charge >= 0.3 is 5.97 Å². The molecule has 0 N–H and O–H groups in total. The molecule has 0 heterocycles. The zero-order valence-electron chi connectivity index (χ0n) is 15.3. The van der Waals surface area contributed by atoms with Gasteiger partial charge in [0.2, 0.25) is 0 Å². The largest absolute Gasteiger partial charge is 0.348 e. The van der Waals surface area contributed by atoms with E-state index in [0.29, 0.717) is 0 Å². The maximum absolute atomic E-state index is 12.5. The smallest absolute Gasteiger partial charge is 0.297 e. The summed E-state index contributed by atoms with van der Waals surface area (Å²) in [6.07, 6.45) is 0. The molecule has 0 aromatic heterocycles. The Labute approximate surface area is 125 Å². The monoisotopic (exact) mass is 286 g/mol. The summed E-state index contributed by atoms with van der Waals surface area (Å²) in [5, 5.41) is 0. The van der Waals surface area contributed by atoms with Gasteiger partial charge in [0.05, 0.1) is 5.41 Å². The Hall–Kier alpha value is -0.570. The maximum Gasteiger partial charge on any atom is 0.348 e. The van der Waals surface area contributed by atoms with Gasteiger partial charge in [-0.2, -0.15) is 4.89 Å². The minimum Gasteiger partial charge on any atom is -0.297 e. The molecule has 0 saturated carbocycles. The average molecular weight is 286 g/mol. The molecule has 3 heteroatoms. The summed E-state index contributed by atoms with van der Waals surface area (Å²) in [6, 6.07) is 0. The van der Waals surface area contributed by atoms with Crippen molar-refractivity contribution in [3.8, 4) is 0 Å². The second-order valence-corrected chi connectivity index (χ2v) is 9.45. The molecule has 0 spiro atoms. The van der Waals surface area contributed by atoms with Gasteiger partial charge in [0.25, 0.3) is 0 Å². The summed E-state index contributed by atoms with van der Waals surface area (Å²) < 4.78 is 0. The van der Waals surface area contributed by atoms with Crippen molar-refractivity contribution < 1.29 is 14.6 Å². The van der Waals surface area contributed by atoms with E-state index in [-0.39, 0.29) is 22.7 Å². The lowest BCUT2D eigenvalue weighted by atomic mass is 9.56. The van der Waals surface area contributed by atoms with Crippen molar-refractivity contribution in [2.45, 2.75) is 81.8 Å². The van der Waals surface area contributed by atoms with Crippen molar-refractivity contribution in [1.82, 2.24) is 0 Å². The van der Waals surface area contributed by atoms with Crippen LogP contribution in [0.2, 0.25) is 0 Å². The zero-order valence-corrected chi connectivity index (χ0v) is 15.3. The fourth-order valence-corrected chi connectivity index (χ4v) is 3.85. The first-order valence-electron chi connectivity index (χ1n) is 7.40. The van der Waals surface area contributed by atoms with Gasteiger partial charge in [0.1, 0.15) is 5.60 Å². The van der Waals surface area contributed by atoms with Crippen LogP contribution in [0.25, 0.3) is 0 Å². The van der Waals surface area contributed by atoms with Crippen molar-refractivity contribution in [3.63, 3.8) is 0 Å². The van der Waals surface area contributed by atoms with Crippen molar-refractivity contribution in [2.75, 3.05) is 0 Å². The SMILES string of the molecule is CC(C)(C)OOC(=O)C(C)(C)C(C(C)(C)C)C(C)(C)C. The molecule has 0 aliphatic heterocycles. The van der Waals surface area contributed by atoms with Gasteiger partial charge < -0.3 is 0 Å². The molecule has 120 valence electrons. The molecular formula is C17H34O3. The summed E-state index contributed by atoms with van der Waals surface area (Å²) in [7, 11) is 0. The molecule has 0 radical (unpaired) electrons. The third kappa shape index (κ3) is 5.43. The van der Waals surface area contributed by atoms with Crippen LogP contribution in [0.1, 0.15) is 76.2 Å². The minimum atomic E-state index is -0.623. The lowest BCUT2D eigenvalue weighted by Crippen LogP contribution is -2.48. The second kappa shape index (κ2) is 5.67. The molecule has 3 nitrogen and oxygen atoms in total. The highest BCUT2D eigenvalue weighted by Crippen LogP contribution is 2.50. The van der Waals surface area contributed by atoms with E-state index >= 15 is 0 Å². The van der Waals surface area contributed by atoms with Crippen LogP contribution in [-0.4, -0.2) is 11.6 Å². The van der Waals surface area contributed by atoms with Crippen LogP contribution in [0.4, 0.5) is 0 Å². The number of hydrogen-bond acceptors (Lipinski definition) is 3. The van der Waals surface area contributed by atoms with Gasteiger partial charge in [-0.05, 0) is 51.4 Å². The normalized spacial score (nSPS) is 14.6. The molecule has 0 aromatic carbocycles. The summed E-state index contributed by atoms with van der Waals surface area (Å²) in [6.45, 7) is 22.5. The Morgan fingerprint density at radius 1 is 0.750 bits per heavy atom. The second-order valence-electron chi connectivity index (χ2n) is 9.45. The molecule has 0 aliphatic rings. The molecule has 0 saturated heterocycles. The van der Waals surface area contributed by atoms with E-state index < -0.39 is 11.0 Å². The first-order chi connectivity index (χ1) is 8.49. The van der Waals surface area contributed by atoms with Crippen LogP contribution in [0.15, 0.2) is 0 Å². The average Bonchev–Trinajstić information content (AvgIpc) is 2.06. The summed E-state index contributed by atoms with van der Waals surface area (Å²) in [5.74, 6) is -0.152. The molecule has 0 aromatic rings. The highest BCUT2D eigenvalue weighted by Gasteiger charge is 2.50. The maximum atomic E-state index is 12.5. The minimum absolute atomic E-state index is 0.0114. The highest BCUT2D eigenvalue weighted by atomic mass is 17.2. The van der Waals surface area contributed by atoms with Gasteiger partial charge in [-0.25, -0.2) is 4.79 Å². The number of hydrogen-bond donors (Lipinski definition) is 0. The molecule has 0 bridgehead atoms. The lowest BCUT2D eigenvalue weighted by molar-refractivity contribution is -0.329. The fraction of sp³-hybridized carbons (Fsp3) is 0.941. The van der Waals surface area contributed by atoms with E-state index in [1.54, 1.807) is 0 Å². The van der Waals surface area contributed by atoms with Crippen molar-refractivity contribution in [3.05, 3.63) is 0 Å². The Bertz CT molecular complexity index is 321. The third-order valence-corrected chi connectivity index (χ3v) is 3.35. The Kier molecular flexibility index (Phi) is 5.51. The van der Waals surface area contributed by atoms with Crippen LogP contribution >= 0.6 is 0 Å². The summed E-state index contributed by atoms with van der Waals surface area (Å²) in [4.78, 5) is 22.8. The molecule has 20 heavy (non-hydrogen) atoms. The number of rotatable bonds is 3. The molecule has 0 atom stereocenters. The van der Waals surface area contributed by atoms with E-state index in [0.717, 1.165) is 0 Å². The van der Waals surface area contributed by atoms with Crippen LogP contribution in [-0.2, 0) is 14.6 Å².